The lowest BCUT2D eigenvalue weighted by Crippen LogP contribution is -2.36. The molecular weight excluding hydrogens is 312 g/mol. The van der Waals surface area contributed by atoms with E-state index in [0.717, 1.165) is 4.90 Å². The summed E-state index contributed by atoms with van der Waals surface area (Å²) < 4.78 is 9.47. The fourth-order valence-electron chi connectivity index (χ4n) is 1.85. The van der Waals surface area contributed by atoms with E-state index >= 15 is 0 Å². The van der Waals surface area contributed by atoms with Crippen LogP contribution in [-0.2, 0) is 14.3 Å². The van der Waals surface area contributed by atoms with Crippen LogP contribution in [0.5, 0.6) is 5.75 Å². The van der Waals surface area contributed by atoms with Crippen LogP contribution in [0, 0.1) is 0 Å². The van der Waals surface area contributed by atoms with Gasteiger partial charge >= 0.3 is 12.0 Å². The quantitative estimate of drug-likeness (QED) is 0.514. The summed E-state index contributed by atoms with van der Waals surface area (Å²) in [6.45, 7) is -0.443. The molecule has 116 valence electrons. The van der Waals surface area contributed by atoms with Gasteiger partial charge in [-0.2, -0.15) is 0 Å². The number of hydrogen-bond donors (Lipinski definition) is 1. The van der Waals surface area contributed by atoms with Gasteiger partial charge in [0.05, 0.1) is 19.2 Å². The van der Waals surface area contributed by atoms with Crippen LogP contribution in [0.15, 0.2) is 23.9 Å². The van der Waals surface area contributed by atoms with Crippen LogP contribution in [0.2, 0.25) is 5.02 Å². The summed E-state index contributed by atoms with van der Waals surface area (Å²) in [4.78, 5) is 35.8. The van der Waals surface area contributed by atoms with Crippen LogP contribution >= 0.6 is 11.6 Å². The van der Waals surface area contributed by atoms with Gasteiger partial charge in [0.2, 0.25) is 0 Å². The number of urea groups is 1. The van der Waals surface area contributed by atoms with E-state index in [9.17, 15) is 14.4 Å². The number of carbonyl (C=O) groups is 3. The maximum absolute atomic E-state index is 12.1. The monoisotopic (exact) mass is 324 g/mol. The topological polar surface area (TPSA) is 84.9 Å². The third kappa shape index (κ3) is 3.20. The molecule has 2 rings (SSSR count). The van der Waals surface area contributed by atoms with E-state index in [4.69, 9.17) is 16.3 Å². The van der Waals surface area contributed by atoms with Crippen molar-refractivity contribution in [2.45, 2.75) is 0 Å². The lowest BCUT2D eigenvalue weighted by molar-refractivity contribution is -0.143. The summed E-state index contributed by atoms with van der Waals surface area (Å²) in [7, 11) is 2.67. The van der Waals surface area contributed by atoms with Crippen LogP contribution in [0.25, 0.3) is 6.08 Å². The van der Waals surface area contributed by atoms with Gasteiger partial charge in [-0.25, -0.2) is 9.69 Å². The van der Waals surface area contributed by atoms with Crippen LogP contribution in [0.4, 0.5) is 4.79 Å². The fourth-order valence-corrected chi connectivity index (χ4v) is 2.11. The van der Waals surface area contributed by atoms with Gasteiger partial charge in [0.1, 0.15) is 18.0 Å². The molecule has 0 bridgehead atoms. The smallest absolute Gasteiger partial charge is 0.329 e. The summed E-state index contributed by atoms with van der Waals surface area (Å²) in [5.74, 6) is -0.794. The van der Waals surface area contributed by atoms with E-state index in [1.807, 2.05) is 0 Å². The molecule has 0 radical (unpaired) electrons. The van der Waals surface area contributed by atoms with Gasteiger partial charge in [0.25, 0.3) is 5.91 Å². The molecule has 3 amide bonds. The number of methoxy groups -OCH3 is 2. The van der Waals surface area contributed by atoms with E-state index in [0.29, 0.717) is 16.3 Å². The Kier molecular flexibility index (Phi) is 4.67. The van der Waals surface area contributed by atoms with Crippen LogP contribution < -0.4 is 10.1 Å². The van der Waals surface area contributed by atoms with Gasteiger partial charge in [-0.1, -0.05) is 17.7 Å². The second-order valence-corrected chi connectivity index (χ2v) is 4.76. The minimum atomic E-state index is -0.683. The Balaban J connectivity index is 2.22. The predicted molar refractivity (Wildman–Crippen MR) is 78.2 cm³/mol. The summed E-state index contributed by atoms with van der Waals surface area (Å²) in [5, 5.41) is 2.77. The first kappa shape index (κ1) is 15.8. The molecule has 1 fully saturated rings. The number of hydrogen-bond acceptors (Lipinski definition) is 5. The molecule has 1 heterocycles. The van der Waals surface area contributed by atoms with Gasteiger partial charge in [-0.15, -0.1) is 0 Å². The molecule has 1 N–H and O–H groups in total. The third-order valence-corrected chi connectivity index (χ3v) is 3.26. The molecule has 1 aromatic rings. The highest BCUT2D eigenvalue weighted by atomic mass is 35.5. The molecule has 1 aromatic carbocycles. The first-order chi connectivity index (χ1) is 10.5. The van der Waals surface area contributed by atoms with Crippen molar-refractivity contribution in [1.29, 1.82) is 0 Å². The number of imide groups is 1. The Bertz CT molecular complexity index is 671. The Labute approximate surface area is 131 Å². The molecule has 0 unspecified atom stereocenters. The first-order valence-electron chi connectivity index (χ1n) is 6.21. The molecule has 0 aliphatic carbocycles. The highest BCUT2D eigenvalue weighted by molar-refractivity contribution is 6.32. The van der Waals surface area contributed by atoms with Gasteiger partial charge in [0.15, 0.2) is 0 Å². The molecule has 0 saturated carbocycles. The standard InChI is InChI=1S/C14H13ClN2O5/c1-21-11-4-3-8(5-9(11)15)6-10-13(19)17(14(20)16-10)7-12(18)22-2/h3-6H,7H2,1-2H3,(H,16,20)/b10-6+. The molecule has 1 aliphatic rings. The number of amides is 3. The summed E-state index contributed by atoms with van der Waals surface area (Å²) in [6, 6.07) is 4.24. The molecule has 0 spiro atoms. The summed E-state index contributed by atoms with van der Waals surface area (Å²) in [6.07, 6.45) is 1.46. The van der Waals surface area contributed by atoms with E-state index < -0.39 is 24.5 Å². The summed E-state index contributed by atoms with van der Waals surface area (Å²) in [5.41, 5.74) is 0.657. The number of nitrogens with one attached hydrogen (secondary N) is 1. The van der Waals surface area contributed by atoms with Crippen molar-refractivity contribution in [2.75, 3.05) is 20.8 Å². The second kappa shape index (κ2) is 6.48. The average Bonchev–Trinajstić information content (AvgIpc) is 2.75. The van der Waals surface area contributed by atoms with Gasteiger partial charge in [-0.3, -0.25) is 9.59 Å². The van der Waals surface area contributed by atoms with Gasteiger partial charge in [-0.05, 0) is 23.8 Å². The zero-order chi connectivity index (χ0) is 16.3. The largest absolute Gasteiger partial charge is 0.495 e. The lowest BCUT2D eigenvalue weighted by atomic mass is 10.2. The van der Waals surface area contributed by atoms with Crippen LogP contribution in [-0.4, -0.2) is 43.6 Å². The van der Waals surface area contributed by atoms with Crippen molar-refractivity contribution in [3.05, 3.63) is 34.5 Å². The molecule has 1 saturated heterocycles. The minimum absolute atomic E-state index is 0.0511. The Hall–Kier alpha value is -2.54. The SMILES string of the molecule is COC(=O)CN1C(=O)N/C(=C/c2ccc(OC)c(Cl)c2)C1=O. The minimum Gasteiger partial charge on any atom is -0.495 e. The number of carbonyl (C=O) groups excluding carboxylic acids is 3. The molecule has 0 aromatic heterocycles. The van der Waals surface area contributed by atoms with Crippen molar-refractivity contribution in [2.24, 2.45) is 0 Å². The Morgan fingerprint density at radius 2 is 2.09 bits per heavy atom. The molecule has 1 aliphatic heterocycles. The van der Waals surface area contributed by atoms with E-state index in [2.05, 4.69) is 10.1 Å². The fraction of sp³-hybridized carbons (Fsp3) is 0.214. The van der Waals surface area contributed by atoms with Crippen molar-refractivity contribution in [3.8, 4) is 5.75 Å². The zero-order valence-corrected chi connectivity index (χ0v) is 12.6. The van der Waals surface area contributed by atoms with Crippen LogP contribution in [0.1, 0.15) is 5.56 Å². The molecular formula is C14H13ClN2O5. The molecule has 7 nitrogen and oxygen atoms in total. The maximum Gasteiger partial charge on any atom is 0.329 e. The van der Waals surface area contributed by atoms with Crippen molar-refractivity contribution >= 4 is 35.6 Å². The number of nitrogens with zero attached hydrogens (tertiary/aromatic N) is 1. The lowest BCUT2D eigenvalue weighted by Gasteiger charge is -2.09. The van der Waals surface area contributed by atoms with Crippen molar-refractivity contribution in [3.63, 3.8) is 0 Å². The van der Waals surface area contributed by atoms with E-state index in [1.165, 1.54) is 20.3 Å². The highest BCUT2D eigenvalue weighted by Crippen LogP contribution is 2.26. The van der Waals surface area contributed by atoms with Gasteiger partial charge < -0.3 is 14.8 Å². The molecule has 22 heavy (non-hydrogen) atoms. The Morgan fingerprint density at radius 3 is 2.68 bits per heavy atom. The zero-order valence-electron chi connectivity index (χ0n) is 11.9. The number of benzene rings is 1. The Morgan fingerprint density at radius 1 is 1.36 bits per heavy atom. The van der Waals surface area contributed by atoms with Crippen molar-refractivity contribution < 1.29 is 23.9 Å². The number of ether oxygens (including phenoxy) is 2. The van der Waals surface area contributed by atoms with Crippen LogP contribution in [0.3, 0.4) is 0 Å². The third-order valence-electron chi connectivity index (χ3n) is 2.96. The number of halogens is 1. The van der Waals surface area contributed by atoms with E-state index in [-0.39, 0.29) is 5.70 Å². The summed E-state index contributed by atoms with van der Waals surface area (Å²) >= 11 is 6.00. The predicted octanol–water partition coefficient (Wildman–Crippen LogP) is 1.41. The first-order valence-corrected chi connectivity index (χ1v) is 6.59. The number of esters is 1. The van der Waals surface area contributed by atoms with Crippen molar-refractivity contribution in [1.82, 2.24) is 10.2 Å². The molecule has 8 heteroatoms. The van der Waals surface area contributed by atoms with E-state index in [1.54, 1.807) is 18.2 Å². The maximum atomic E-state index is 12.1. The molecule has 0 atom stereocenters. The van der Waals surface area contributed by atoms with Gasteiger partial charge in [0, 0.05) is 0 Å². The number of rotatable bonds is 4. The highest BCUT2D eigenvalue weighted by Gasteiger charge is 2.35. The second-order valence-electron chi connectivity index (χ2n) is 4.35. The average molecular weight is 325 g/mol. The normalized spacial score (nSPS) is 16.0.